The fourth-order valence-corrected chi connectivity index (χ4v) is 4.20. The second-order valence-electron chi connectivity index (χ2n) is 6.70. The summed E-state index contributed by atoms with van der Waals surface area (Å²) in [6.07, 6.45) is 4.92. The van der Waals surface area contributed by atoms with Crippen LogP contribution in [0.1, 0.15) is 12.8 Å². The average Bonchev–Trinajstić information content (AvgIpc) is 3.13. The number of nitrogens with zero attached hydrogens (tertiary/aromatic N) is 2. The van der Waals surface area contributed by atoms with Crippen LogP contribution in [0, 0.1) is 0 Å². The number of rotatable bonds is 5. The number of anilines is 1. The summed E-state index contributed by atoms with van der Waals surface area (Å²) < 4.78 is 39.5. The maximum Gasteiger partial charge on any atom is 0.262 e. The van der Waals surface area contributed by atoms with Crippen molar-refractivity contribution in [1.82, 2.24) is 9.88 Å². The minimum absolute atomic E-state index is 0.0267. The van der Waals surface area contributed by atoms with Crippen LogP contribution in [0.25, 0.3) is 11.0 Å². The van der Waals surface area contributed by atoms with Crippen molar-refractivity contribution in [2.45, 2.75) is 23.8 Å². The maximum absolute atomic E-state index is 12.8. The molecule has 0 atom stereocenters. The fraction of sp³-hybridized carbons (Fsp3) is 0.316. The zero-order valence-corrected chi connectivity index (χ0v) is 15.8. The van der Waals surface area contributed by atoms with Crippen LogP contribution in [0.5, 0.6) is 5.88 Å². The van der Waals surface area contributed by atoms with Crippen molar-refractivity contribution >= 4 is 26.7 Å². The molecule has 4 rings (SSSR count). The number of fused-ring (bicyclic) bond motifs is 1. The molecule has 0 aliphatic carbocycles. The molecule has 1 saturated heterocycles. The first-order valence-electron chi connectivity index (χ1n) is 8.81. The van der Waals surface area contributed by atoms with Gasteiger partial charge in [-0.3, -0.25) is 4.72 Å². The van der Waals surface area contributed by atoms with Crippen molar-refractivity contribution in [2.24, 2.45) is 0 Å². The number of hydrogen-bond acceptors (Lipinski definition) is 6. The van der Waals surface area contributed by atoms with Gasteiger partial charge in [-0.15, -0.1) is 0 Å². The van der Waals surface area contributed by atoms with E-state index in [9.17, 15) is 8.42 Å². The Morgan fingerprint density at radius 3 is 2.85 bits per heavy atom. The van der Waals surface area contributed by atoms with Gasteiger partial charge in [-0.25, -0.2) is 13.4 Å². The van der Waals surface area contributed by atoms with Crippen LogP contribution in [0.2, 0.25) is 0 Å². The number of aromatic nitrogens is 1. The van der Waals surface area contributed by atoms with Crippen LogP contribution >= 0.6 is 0 Å². The summed E-state index contributed by atoms with van der Waals surface area (Å²) in [6.45, 7) is 1.89. The third-order valence-electron chi connectivity index (χ3n) is 4.70. The van der Waals surface area contributed by atoms with Crippen molar-refractivity contribution in [1.29, 1.82) is 0 Å². The number of pyridine rings is 1. The molecule has 1 N–H and O–H groups in total. The molecule has 0 amide bonds. The quantitative estimate of drug-likeness (QED) is 0.724. The van der Waals surface area contributed by atoms with E-state index < -0.39 is 10.0 Å². The molecule has 7 nitrogen and oxygen atoms in total. The van der Waals surface area contributed by atoms with Crippen molar-refractivity contribution in [3.8, 4) is 5.88 Å². The first-order chi connectivity index (χ1) is 13.0. The van der Waals surface area contributed by atoms with Crippen molar-refractivity contribution < 1.29 is 17.6 Å². The molecule has 1 aliphatic rings. The molecule has 1 aliphatic heterocycles. The summed E-state index contributed by atoms with van der Waals surface area (Å²) >= 11 is 0. The van der Waals surface area contributed by atoms with E-state index in [1.54, 1.807) is 36.5 Å². The number of nitrogens with one attached hydrogen (secondary N) is 1. The predicted molar refractivity (Wildman–Crippen MR) is 102 cm³/mol. The lowest BCUT2D eigenvalue weighted by Crippen LogP contribution is -2.36. The summed E-state index contributed by atoms with van der Waals surface area (Å²) in [5.41, 5.74) is 0.850. The number of hydrogen-bond donors (Lipinski definition) is 1. The Balaban J connectivity index is 1.56. The van der Waals surface area contributed by atoms with E-state index in [2.05, 4.69) is 21.7 Å². The Hall–Kier alpha value is -2.58. The van der Waals surface area contributed by atoms with Gasteiger partial charge in [-0.05, 0) is 50.2 Å². The smallest absolute Gasteiger partial charge is 0.262 e. The van der Waals surface area contributed by atoms with Gasteiger partial charge < -0.3 is 14.1 Å². The van der Waals surface area contributed by atoms with E-state index >= 15 is 0 Å². The molecule has 142 valence electrons. The largest absolute Gasteiger partial charge is 0.473 e. The second-order valence-corrected chi connectivity index (χ2v) is 8.38. The number of benzene rings is 1. The summed E-state index contributed by atoms with van der Waals surface area (Å²) in [5.74, 6) is 0.301. The summed E-state index contributed by atoms with van der Waals surface area (Å²) in [5, 5.41) is 0.849. The highest BCUT2D eigenvalue weighted by Crippen LogP contribution is 2.28. The molecule has 0 unspecified atom stereocenters. The van der Waals surface area contributed by atoms with Crippen LogP contribution in [0.4, 0.5) is 5.69 Å². The van der Waals surface area contributed by atoms with Gasteiger partial charge in [0, 0.05) is 30.7 Å². The lowest BCUT2D eigenvalue weighted by molar-refractivity contribution is 0.111. The molecule has 1 aromatic carbocycles. The molecular weight excluding hydrogens is 366 g/mol. The average molecular weight is 387 g/mol. The highest BCUT2D eigenvalue weighted by Gasteiger charge is 2.22. The van der Waals surface area contributed by atoms with Gasteiger partial charge in [-0.2, -0.15) is 0 Å². The van der Waals surface area contributed by atoms with Crippen LogP contribution < -0.4 is 9.46 Å². The van der Waals surface area contributed by atoms with Crippen LogP contribution in [0.3, 0.4) is 0 Å². The third-order valence-corrected chi connectivity index (χ3v) is 6.06. The van der Waals surface area contributed by atoms with Gasteiger partial charge >= 0.3 is 0 Å². The predicted octanol–water partition coefficient (Wildman–Crippen LogP) is 3.10. The third kappa shape index (κ3) is 3.91. The van der Waals surface area contributed by atoms with Crippen LogP contribution in [-0.2, 0) is 10.0 Å². The molecule has 27 heavy (non-hydrogen) atoms. The molecule has 0 spiro atoms. The Bertz CT molecular complexity index is 1040. The van der Waals surface area contributed by atoms with Gasteiger partial charge in [0.25, 0.3) is 10.0 Å². The zero-order valence-electron chi connectivity index (χ0n) is 15.0. The second kappa shape index (κ2) is 7.21. The van der Waals surface area contributed by atoms with Gasteiger partial charge in [0.2, 0.25) is 5.88 Å². The number of likely N-dealkylation sites (tertiary alicyclic amines) is 1. The normalized spacial score (nSPS) is 16.5. The highest BCUT2D eigenvalue weighted by molar-refractivity contribution is 7.92. The molecule has 0 radical (unpaired) electrons. The maximum atomic E-state index is 12.8. The van der Waals surface area contributed by atoms with Crippen molar-refractivity contribution in [2.75, 3.05) is 24.9 Å². The van der Waals surface area contributed by atoms with Crippen LogP contribution in [-0.4, -0.2) is 44.5 Å². The molecule has 3 aromatic rings. The molecule has 0 saturated carbocycles. The summed E-state index contributed by atoms with van der Waals surface area (Å²) in [6, 6.07) is 9.88. The van der Waals surface area contributed by atoms with Crippen molar-refractivity contribution in [3.63, 3.8) is 0 Å². The summed E-state index contributed by atoms with van der Waals surface area (Å²) in [7, 11) is -1.72. The van der Waals surface area contributed by atoms with E-state index in [1.165, 1.54) is 12.3 Å². The Kier molecular flexibility index (Phi) is 4.75. The molecule has 1 fully saturated rings. The van der Waals surface area contributed by atoms with E-state index in [1.807, 2.05) is 0 Å². The van der Waals surface area contributed by atoms with E-state index in [0.717, 1.165) is 31.3 Å². The van der Waals surface area contributed by atoms with Crippen LogP contribution in [0.15, 0.2) is 58.2 Å². The number of sulfonamides is 1. The molecule has 2 aromatic heterocycles. The summed E-state index contributed by atoms with van der Waals surface area (Å²) in [4.78, 5) is 6.60. The fourth-order valence-electron chi connectivity index (χ4n) is 3.13. The molecule has 3 heterocycles. The van der Waals surface area contributed by atoms with Gasteiger partial charge in [-0.1, -0.05) is 0 Å². The lowest BCUT2D eigenvalue weighted by Gasteiger charge is -2.29. The first kappa shape index (κ1) is 17.8. The monoisotopic (exact) mass is 387 g/mol. The molecular formula is C19H21N3O4S. The minimum atomic E-state index is -3.79. The minimum Gasteiger partial charge on any atom is -0.473 e. The number of piperidine rings is 1. The van der Waals surface area contributed by atoms with Gasteiger partial charge in [0.15, 0.2) is 0 Å². The van der Waals surface area contributed by atoms with Gasteiger partial charge in [0.05, 0.1) is 11.2 Å². The molecule has 8 heteroatoms. The highest BCUT2D eigenvalue weighted by atomic mass is 32.2. The number of furan rings is 1. The van der Waals surface area contributed by atoms with E-state index in [4.69, 9.17) is 9.15 Å². The zero-order chi connectivity index (χ0) is 18.9. The first-order valence-corrected chi connectivity index (χ1v) is 10.3. The lowest BCUT2D eigenvalue weighted by atomic mass is 10.1. The number of ether oxygens (including phenoxy) is 1. The van der Waals surface area contributed by atoms with E-state index in [-0.39, 0.29) is 11.0 Å². The Morgan fingerprint density at radius 1 is 1.22 bits per heavy atom. The Labute approximate surface area is 158 Å². The standard InChI is InChI=1S/C19H21N3O4S/c1-22-10-6-15(7-11-22)26-19-17(3-2-9-20-19)21-27(23,24)16-5-4-14-8-12-25-18(14)13-16/h2-5,8-9,12-13,15,21H,6-7,10-11H2,1H3. The topological polar surface area (TPSA) is 84.7 Å². The van der Waals surface area contributed by atoms with Gasteiger partial charge in [0.1, 0.15) is 17.4 Å². The Morgan fingerprint density at radius 2 is 2.04 bits per heavy atom. The molecule has 0 bridgehead atoms. The SMILES string of the molecule is CN1CCC(Oc2ncccc2NS(=O)(=O)c2ccc3ccoc3c2)CC1. The van der Waals surface area contributed by atoms with E-state index in [0.29, 0.717) is 17.2 Å². The van der Waals surface area contributed by atoms with Crippen molar-refractivity contribution in [3.05, 3.63) is 48.9 Å².